The van der Waals surface area contributed by atoms with Crippen molar-refractivity contribution in [3.8, 4) is 0 Å². The van der Waals surface area contributed by atoms with Gasteiger partial charge in [-0.25, -0.2) is 0 Å². The molecule has 0 aromatic carbocycles. The first-order valence-corrected chi connectivity index (χ1v) is 9.20. The third-order valence-corrected chi connectivity index (χ3v) is 6.15. The van der Waals surface area contributed by atoms with Crippen LogP contribution in [0.3, 0.4) is 0 Å². The first kappa shape index (κ1) is 17.4. The number of carbonyl (C=O) groups excluding carboxylic acids is 3. The Morgan fingerprint density at radius 1 is 1.12 bits per heavy atom. The van der Waals surface area contributed by atoms with Crippen molar-refractivity contribution in [3.63, 3.8) is 0 Å². The van der Waals surface area contributed by atoms with E-state index in [4.69, 9.17) is 5.73 Å². The van der Waals surface area contributed by atoms with Gasteiger partial charge in [-0.05, 0) is 24.7 Å². The molecule has 6 nitrogen and oxygen atoms in total. The van der Waals surface area contributed by atoms with Gasteiger partial charge in [0, 0.05) is 32.1 Å². The zero-order chi connectivity index (χ0) is 17.5. The highest BCUT2D eigenvalue weighted by atomic mass is 16.2. The second kappa shape index (κ2) is 6.47. The van der Waals surface area contributed by atoms with Crippen LogP contribution in [0.5, 0.6) is 0 Å². The Morgan fingerprint density at radius 3 is 2.25 bits per heavy atom. The Hall–Kier alpha value is -1.43. The van der Waals surface area contributed by atoms with Gasteiger partial charge in [0.15, 0.2) is 0 Å². The van der Waals surface area contributed by atoms with Crippen LogP contribution in [0.4, 0.5) is 0 Å². The lowest BCUT2D eigenvalue weighted by atomic mass is 9.79. The number of nitrogens with zero attached hydrogens (tertiary/aromatic N) is 2. The predicted molar refractivity (Wildman–Crippen MR) is 89.7 cm³/mol. The first-order valence-electron chi connectivity index (χ1n) is 9.20. The Balaban J connectivity index is 1.57. The summed E-state index contributed by atoms with van der Waals surface area (Å²) in [4.78, 5) is 40.6. The van der Waals surface area contributed by atoms with Gasteiger partial charge in [-0.3, -0.25) is 19.3 Å². The normalized spacial score (nSPS) is 32.9. The standard InChI is InChI=1S/C18H29N3O3/c1-18(2)11-20(9-7-14(18)19)15(22)8-10-21-16(23)12-5-3-4-6-13(12)17(21)24/h12-14H,3-11,19H2,1-2H3. The summed E-state index contributed by atoms with van der Waals surface area (Å²) in [7, 11) is 0. The molecule has 2 heterocycles. The largest absolute Gasteiger partial charge is 0.342 e. The third-order valence-electron chi connectivity index (χ3n) is 6.15. The van der Waals surface area contributed by atoms with Gasteiger partial charge < -0.3 is 10.6 Å². The molecule has 134 valence electrons. The first-order chi connectivity index (χ1) is 11.3. The van der Waals surface area contributed by atoms with E-state index in [0.717, 1.165) is 32.1 Å². The molecule has 3 aliphatic rings. The van der Waals surface area contributed by atoms with Crippen molar-refractivity contribution in [1.82, 2.24) is 9.80 Å². The number of amides is 3. The summed E-state index contributed by atoms with van der Waals surface area (Å²) >= 11 is 0. The molecule has 2 N–H and O–H groups in total. The summed E-state index contributed by atoms with van der Waals surface area (Å²) in [5.74, 6) is -0.357. The molecule has 0 aromatic heterocycles. The zero-order valence-corrected chi connectivity index (χ0v) is 14.8. The van der Waals surface area contributed by atoms with Crippen LogP contribution in [0.15, 0.2) is 0 Å². The number of hydrogen-bond acceptors (Lipinski definition) is 4. The second-order valence-corrected chi connectivity index (χ2v) is 8.27. The van der Waals surface area contributed by atoms with E-state index < -0.39 is 0 Å². The van der Waals surface area contributed by atoms with E-state index in [2.05, 4.69) is 13.8 Å². The number of hydrogen-bond donors (Lipinski definition) is 1. The maximum Gasteiger partial charge on any atom is 0.233 e. The van der Waals surface area contributed by atoms with Gasteiger partial charge in [0.1, 0.15) is 0 Å². The number of imide groups is 1. The Bertz CT molecular complexity index is 522. The molecule has 1 aliphatic carbocycles. The summed E-state index contributed by atoms with van der Waals surface area (Å²) in [5.41, 5.74) is 6.02. The molecule has 3 rings (SSSR count). The van der Waals surface area contributed by atoms with Crippen molar-refractivity contribution < 1.29 is 14.4 Å². The fraction of sp³-hybridized carbons (Fsp3) is 0.833. The molecule has 0 aromatic rings. The predicted octanol–water partition coefficient (Wildman–Crippen LogP) is 1.14. The molecule has 3 amide bonds. The number of likely N-dealkylation sites (tertiary alicyclic amines) is 2. The SMILES string of the molecule is CC1(C)CN(C(=O)CCN2C(=O)C3CCCCC3C2=O)CCC1N. The molecule has 3 atom stereocenters. The van der Waals surface area contributed by atoms with Crippen molar-refractivity contribution >= 4 is 17.7 Å². The van der Waals surface area contributed by atoms with Gasteiger partial charge in [-0.2, -0.15) is 0 Å². The van der Waals surface area contributed by atoms with Crippen molar-refractivity contribution in [1.29, 1.82) is 0 Å². The number of rotatable bonds is 3. The topological polar surface area (TPSA) is 83.7 Å². The lowest BCUT2D eigenvalue weighted by Gasteiger charge is -2.42. The quantitative estimate of drug-likeness (QED) is 0.784. The van der Waals surface area contributed by atoms with Gasteiger partial charge >= 0.3 is 0 Å². The van der Waals surface area contributed by atoms with Crippen molar-refractivity contribution in [2.45, 2.75) is 58.4 Å². The summed E-state index contributed by atoms with van der Waals surface area (Å²) in [6, 6.07) is 0.103. The number of piperidine rings is 1. The van der Waals surface area contributed by atoms with Gasteiger partial charge in [0.25, 0.3) is 0 Å². The van der Waals surface area contributed by atoms with E-state index in [0.29, 0.717) is 13.1 Å². The van der Waals surface area contributed by atoms with Crippen LogP contribution in [0.2, 0.25) is 0 Å². The average Bonchev–Trinajstić information content (AvgIpc) is 2.79. The number of carbonyl (C=O) groups is 3. The molecule has 1 saturated carbocycles. The molecule has 6 heteroatoms. The minimum atomic E-state index is -0.131. The Labute approximate surface area is 143 Å². The molecule has 0 spiro atoms. The van der Waals surface area contributed by atoms with Crippen molar-refractivity contribution in [2.75, 3.05) is 19.6 Å². The molecule has 24 heavy (non-hydrogen) atoms. The lowest BCUT2D eigenvalue weighted by Crippen LogP contribution is -2.54. The second-order valence-electron chi connectivity index (χ2n) is 8.27. The highest BCUT2D eigenvalue weighted by molar-refractivity contribution is 6.05. The van der Waals surface area contributed by atoms with Crippen LogP contribution in [0.25, 0.3) is 0 Å². The lowest BCUT2D eigenvalue weighted by molar-refractivity contribution is -0.141. The molecule has 0 radical (unpaired) electrons. The Kier molecular flexibility index (Phi) is 4.69. The molecule has 3 fully saturated rings. The van der Waals surface area contributed by atoms with Gasteiger partial charge in [0.05, 0.1) is 11.8 Å². The average molecular weight is 335 g/mol. The molecular formula is C18H29N3O3. The fourth-order valence-electron chi connectivity index (χ4n) is 4.40. The zero-order valence-electron chi connectivity index (χ0n) is 14.8. The van der Waals surface area contributed by atoms with Crippen LogP contribution in [-0.4, -0.2) is 53.2 Å². The van der Waals surface area contributed by atoms with Gasteiger partial charge in [0.2, 0.25) is 17.7 Å². The molecule has 2 saturated heterocycles. The molecule has 3 unspecified atom stereocenters. The molecule has 0 bridgehead atoms. The van der Waals surface area contributed by atoms with E-state index in [1.165, 1.54) is 4.90 Å². The van der Waals surface area contributed by atoms with E-state index >= 15 is 0 Å². The van der Waals surface area contributed by atoms with E-state index in [9.17, 15) is 14.4 Å². The number of fused-ring (bicyclic) bond motifs is 1. The minimum absolute atomic E-state index is 0.0189. The van der Waals surface area contributed by atoms with E-state index in [1.54, 1.807) is 0 Å². The highest BCUT2D eigenvalue weighted by Crippen LogP contribution is 2.38. The summed E-state index contributed by atoms with van der Waals surface area (Å²) < 4.78 is 0. The van der Waals surface area contributed by atoms with Crippen LogP contribution in [-0.2, 0) is 14.4 Å². The molecular weight excluding hydrogens is 306 g/mol. The van der Waals surface area contributed by atoms with Crippen LogP contribution < -0.4 is 5.73 Å². The fourth-order valence-corrected chi connectivity index (χ4v) is 4.40. The third kappa shape index (κ3) is 3.08. The van der Waals surface area contributed by atoms with Crippen LogP contribution in [0.1, 0.15) is 52.4 Å². The van der Waals surface area contributed by atoms with E-state index in [1.807, 2.05) is 4.90 Å². The summed E-state index contributed by atoms with van der Waals surface area (Å²) in [6.45, 7) is 5.69. The van der Waals surface area contributed by atoms with Gasteiger partial charge in [-0.1, -0.05) is 26.7 Å². The van der Waals surface area contributed by atoms with Crippen molar-refractivity contribution in [3.05, 3.63) is 0 Å². The minimum Gasteiger partial charge on any atom is -0.342 e. The van der Waals surface area contributed by atoms with E-state index in [-0.39, 0.29) is 54.0 Å². The number of nitrogens with two attached hydrogens (primary N) is 1. The summed E-state index contributed by atoms with van der Waals surface area (Å²) in [6.07, 6.45) is 4.70. The Morgan fingerprint density at radius 2 is 1.71 bits per heavy atom. The molecule has 2 aliphatic heterocycles. The highest BCUT2D eigenvalue weighted by Gasteiger charge is 2.48. The van der Waals surface area contributed by atoms with Crippen LogP contribution in [0, 0.1) is 17.3 Å². The smallest absolute Gasteiger partial charge is 0.233 e. The van der Waals surface area contributed by atoms with Crippen molar-refractivity contribution in [2.24, 2.45) is 23.0 Å². The monoisotopic (exact) mass is 335 g/mol. The van der Waals surface area contributed by atoms with Gasteiger partial charge in [-0.15, -0.1) is 0 Å². The maximum absolute atomic E-state index is 12.5. The van der Waals surface area contributed by atoms with Crippen LogP contribution >= 0.6 is 0 Å². The summed E-state index contributed by atoms with van der Waals surface area (Å²) in [5, 5.41) is 0. The maximum atomic E-state index is 12.5.